The van der Waals surface area contributed by atoms with Gasteiger partial charge in [0, 0.05) is 21.0 Å². The minimum absolute atomic E-state index is 0.383. The first kappa shape index (κ1) is 16.2. The van der Waals surface area contributed by atoms with Crippen LogP contribution < -0.4 is 4.74 Å². The average Bonchev–Trinajstić information content (AvgIpc) is 2.47. The highest BCUT2D eigenvalue weighted by atomic mass is 35.5. The van der Waals surface area contributed by atoms with Crippen LogP contribution in [0.4, 0.5) is 0 Å². The second-order valence-electron chi connectivity index (χ2n) is 5.16. The first-order valence-corrected chi connectivity index (χ1v) is 7.63. The maximum atomic E-state index is 5.98. The quantitative estimate of drug-likeness (QED) is 0.582. The van der Waals surface area contributed by atoms with E-state index in [2.05, 4.69) is 0 Å². The number of hydrogen-bond acceptors (Lipinski definition) is 1. The van der Waals surface area contributed by atoms with Crippen molar-refractivity contribution in [1.82, 2.24) is 0 Å². The van der Waals surface area contributed by atoms with Crippen LogP contribution in [0.2, 0.25) is 10.0 Å². The van der Waals surface area contributed by atoms with E-state index in [1.165, 1.54) is 5.54 Å². The summed E-state index contributed by atoms with van der Waals surface area (Å²) in [5.41, 5.74) is 2.14. The van der Waals surface area contributed by atoms with Crippen molar-refractivity contribution in [3.05, 3.63) is 75.4 Å². The molecule has 0 saturated heterocycles. The first-order valence-electron chi connectivity index (χ1n) is 6.44. The van der Waals surface area contributed by atoms with Crippen LogP contribution in [0.15, 0.2) is 59.8 Å². The third kappa shape index (κ3) is 3.94. The zero-order valence-electron chi connectivity index (χ0n) is 11.7. The van der Waals surface area contributed by atoms with E-state index >= 15 is 0 Å². The van der Waals surface area contributed by atoms with Crippen LogP contribution in [0.1, 0.15) is 19.4 Å². The minimum atomic E-state index is -0.383. The predicted octanol–water partition coefficient (Wildman–Crippen LogP) is 6.43. The van der Waals surface area contributed by atoms with Gasteiger partial charge in [-0.2, -0.15) is 0 Å². The molecule has 0 saturated carbocycles. The standard InChI is InChI=1S/C17H15Cl3O/c1-17(2,12-3-5-13(19)6-4-12)16(11-18)21-15-9-7-14(20)8-10-15/h3-11H,1-2H3. The van der Waals surface area contributed by atoms with E-state index < -0.39 is 0 Å². The molecule has 0 aliphatic heterocycles. The molecule has 0 spiro atoms. The molecular weight excluding hydrogens is 327 g/mol. The van der Waals surface area contributed by atoms with E-state index in [1.807, 2.05) is 38.1 Å². The number of ether oxygens (including phenoxy) is 1. The van der Waals surface area contributed by atoms with Gasteiger partial charge in [-0.1, -0.05) is 46.9 Å². The van der Waals surface area contributed by atoms with Gasteiger partial charge in [0.15, 0.2) is 0 Å². The normalized spacial score (nSPS) is 12.3. The van der Waals surface area contributed by atoms with Gasteiger partial charge in [-0.05, 0) is 55.8 Å². The Balaban J connectivity index is 2.27. The number of rotatable bonds is 4. The Hall–Kier alpha value is -1.15. The molecular formula is C17H15Cl3O. The van der Waals surface area contributed by atoms with Crippen molar-refractivity contribution in [2.75, 3.05) is 0 Å². The van der Waals surface area contributed by atoms with Crippen LogP contribution >= 0.6 is 34.8 Å². The average molecular weight is 342 g/mol. The highest BCUT2D eigenvalue weighted by Crippen LogP contribution is 2.34. The molecule has 0 aliphatic carbocycles. The molecule has 0 bridgehead atoms. The maximum Gasteiger partial charge on any atom is 0.127 e. The fourth-order valence-corrected chi connectivity index (χ4v) is 2.49. The lowest BCUT2D eigenvalue weighted by molar-refractivity contribution is 0.339. The Bertz CT molecular complexity index is 628. The molecule has 0 N–H and O–H groups in total. The third-order valence-electron chi connectivity index (χ3n) is 3.32. The predicted molar refractivity (Wildman–Crippen MR) is 90.5 cm³/mol. The zero-order valence-corrected chi connectivity index (χ0v) is 14.0. The summed E-state index contributed by atoms with van der Waals surface area (Å²) in [6.07, 6.45) is 0. The molecule has 0 atom stereocenters. The molecule has 110 valence electrons. The van der Waals surface area contributed by atoms with Gasteiger partial charge in [-0.15, -0.1) is 0 Å². The Morgan fingerprint density at radius 2 is 1.38 bits per heavy atom. The number of hydrogen-bond donors (Lipinski definition) is 0. The van der Waals surface area contributed by atoms with E-state index in [0.717, 1.165) is 5.56 Å². The van der Waals surface area contributed by atoms with Crippen molar-refractivity contribution in [1.29, 1.82) is 0 Å². The van der Waals surface area contributed by atoms with Gasteiger partial charge in [-0.25, -0.2) is 0 Å². The molecule has 1 nitrogen and oxygen atoms in total. The van der Waals surface area contributed by atoms with Crippen molar-refractivity contribution in [3.63, 3.8) is 0 Å². The fraction of sp³-hybridized carbons (Fsp3) is 0.176. The Morgan fingerprint density at radius 1 is 0.905 bits per heavy atom. The van der Waals surface area contributed by atoms with E-state index in [1.54, 1.807) is 24.3 Å². The van der Waals surface area contributed by atoms with E-state index in [9.17, 15) is 0 Å². The summed E-state index contributed by atoms with van der Waals surface area (Å²) in [7, 11) is 0. The summed E-state index contributed by atoms with van der Waals surface area (Å²) in [5.74, 6) is 1.34. The number of halogens is 3. The summed E-state index contributed by atoms with van der Waals surface area (Å²) in [6.45, 7) is 4.08. The van der Waals surface area contributed by atoms with Gasteiger partial charge in [-0.3, -0.25) is 0 Å². The van der Waals surface area contributed by atoms with Gasteiger partial charge in [0.25, 0.3) is 0 Å². The molecule has 0 fully saturated rings. The summed E-state index contributed by atoms with van der Waals surface area (Å²) in [5, 5.41) is 1.36. The second kappa shape index (κ2) is 6.74. The molecule has 0 amide bonds. The molecule has 0 heterocycles. The highest BCUT2D eigenvalue weighted by Gasteiger charge is 2.28. The molecule has 0 aliphatic rings. The Morgan fingerprint density at radius 3 is 1.86 bits per heavy atom. The molecule has 2 aromatic rings. The van der Waals surface area contributed by atoms with Crippen molar-refractivity contribution < 1.29 is 4.74 Å². The summed E-state index contributed by atoms with van der Waals surface area (Å²) < 4.78 is 5.91. The topological polar surface area (TPSA) is 9.23 Å². The number of allylic oxidation sites excluding steroid dienone is 1. The van der Waals surface area contributed by atoms with Crippen molar-refractivity contribution in [2.45, 2.75) is 19.3 Å². The Labute approximate surface area is 140 Å². The minimum Gasteiger partial charge on any atom is -0.460 e. The molecule has 2 rings (SSSR count). The molecule has 0 unspecified atom stereocenters. The maximum absolute atomic E-state index is 5.98. The lowest BCUT2D eigenvalue weighted by atomic mass is 9.83. The van der Waals surface area contributed by atoms with Crippen LogP contribution in [-0.4, -0.2) is 0 Å². The molecule has 0 radical (unpaired) electrons. The smallest absolute Gasteiger partial charge is 0.127 e. The van der Waals surface area contributed by atoms with Crippen molar-refractivity contribution in [2.24, 2.45) is 0 Å². The summed E-state index contributed by atoms with van der Waals surface area (Å²) in [6, 6.07) is 14.8. The monoisotopic (exact) mass is 340 g/mol. The van der Waals surface area contributed by atoms with Crippen LogP contribution in [0.5, 0.6) is 5.75 Å². The van der Waals surface area contributed by atoms with Gasteiger partial charge < -0.3 is 4.74 Å². The third-order valence-corrected chi connectivity index (χ3v) is 4.02. The van der Waals surface area contributed by atoms with Gasteiger partial charge >= 0.3 is 0 Å². The van der Waals surface area contributed by atoms with Crippen molar-refractivity contribution >= 4 is 34.8 Å². The fourth-order valence-electron chi connectivity index (χ4n) is 1.92. The summed E-state index contributed by atoms with van der Waals surface area (Å²) >= 11 is 17.8. The van der Waals surface area contributed by atoms with Crippen LogP contribution in [0.3, 0.4) is 0 Å². The number of benzene rings is 2. The summed E-state index contributed by atoms with van der Waals surface area (Å²) in [4.78, 5) is 0. The Kier molecular flexibility index (Phi) is 5.21. The van der Waals surface area contributed by atoms with E-state index in [0.29, 0.717) is 21.6 Å². The van der Waals surface area contributed by atoms with Crippen LogP contribution in [0, 0.1) is 0 Å². The molecule has 2 aromatic carbocycles. The highest BCUT2D eigenvalue weighted by molar-refractivity contribution is 6.30. The van der Waals surface area contributed by atoms with Crippen molar-refractivity contribution in [3.8, 4) is 5.75 Å². The van der Waals surface area contributed by atoms with Crippen LogP contribution in [-0.2, 0) is 5.41 Å². The molecule has 0 aromatic heterocycles. The van der Waals surface area contributed by atoms with Gasteiger partial charge in [0.2, 0.25) is 0 Å². The zero-order chi connectivity index (χ0) is 15.5. The lowest BCUT2D eigenvalue weighted by Crippen LogP contribution is -2.23. The molecule has 21 heavy (non-hydrogen) atoms. The van der Waals surface area contributed by atoms with Gasteiger partial charge in [0.05, 0.1) is 0 Å². The first-order chi connectivity index (χ1) is 9.93. The lowest BCUT2D eigenvalue weighted by Gasteiger charge is -2.28. The SMILES string of the molecule is CC(C)(C(=CCl)Oc1ccc(Cl)cc1)c1ccc(Cl)cc1. The van der Waals surface area contributed by atoms with Gasteiger partial charge in [0.1, 0.15) is 11.5 Å². The molecule has 4 heteroatoms. The van der Waals surface area contributed by atoms with E-state index in [-0.39, 0.29) is 5.41 Å². The van der Waals surface area contributed by atoms with E-state index in [4.69, 9.17) is 39.5 Å². The second-order valence-corrected chi connectivity index (χ2v) is 6.25. The largest absolute Gasteiger partial charge is 0.460 e. The van der Waals surface area contributed by atoms with Crippen LogP contribution in [0.25, 0.3) is 0 Å².